The second-order valence-electron chi connectivity index (χ2n) is 6.74. The second-order valence-corrected chi connectivity index (χ2v) is 6.74. The van der Waals surface area contributed by atoms with Crippen molar-refractivity contribution in [3.05, 3.63) is 65.7 Å². The molecule has 0 unspecified atom stereocenters. The number of nitrogens with one attached hydrogen (secondary N) is 2. The molecule has 7 heteroatoms. The third-order valence-corrected chi connectivity index (χ3v) is 4.84. The van der Waals surface area contributed by atoms with Crippen molar-refractivity contribution in [3.63, 3.8) is 0 Å². The summed E-state index contributed by atoms with van der Waals surface area (Å²) in [5, 5.41) is 10.2. The Balaban J connectivity index is 1.51. The van der Waals surface area contributed by atoms with Crippen molar-refractivity contribution in [2.24, 2.45) is 7.05 Å². The van der Waals surface area contributed by atoms with Crippen LogP contribution in [0.5, 0.6) is 0 Å². The molecule has 1 aliphatic rings. The summed E-state index contributed by atoms with van der Waals surface area (Å²) in [5.41, 5.74) is 4.26. The van der Waals surface area contributed by atoms with Gasteiger partial charge in [0.05, 0.1) is 5.69 Å². The van der Waals surface area contributed by atoms with Crippen LogP contribution in [-0.4, -0.2) is 34.8 Å². The monoisotopic (exact) mass is 375 g/mol. The molecule has 28 heavy (non-hydrogen) atoms. The van der Waals surface area contributed by atoms with Gasteiger partial charge in [-0.3, -0.25) is 14.4 Å². The predicted molar refractivity (Wildman–Crippen MR) is 109 cm³/mol. The fraction of sp³-hybridized carbons (Fsp3) is 0.190. The number of amides is 3. The molecular weight excluding hydrogens is 354 g/mol. The third kappa shape index (κ3) is 3.34. The molecule has 1 aromatic heterocycles. The minimum Gasteiger partial charge on any atom is -0.336 e. The summed E-state index contributed by atoms with van der Waals surface area (Å²) in [5.74, 6) is 0.392. The molecule has 7 nitrogen and oxygen atoms in total. The van der Waals surface area contributed by atoms with Crippen LogP contribution in [0.25, 0.3) is 11.3 Å². The van der Waals surface area contributed by atoms with E-state index in [2.05, 4.69) is 15.7 Å². The highest BCUT2D eigenvalue weighted by atomic mass is 16.2. The van der Waals surface area contributed by atoms with Crippen LogP contribution in [0.2, 0.25) is 0 Å². The van der Waals surface area contributed by atoms with E-state index in [1.807, 2.05) is 37.3 Å². The standard InChI is InChI=1S/C21H21N5O2/c1-14-5-3-4-6-17(14)18-13-19(25(2)24-18)23-20(27)15-7-9-16(10-8-15)26-12-11-22-21(26)28/h3-10,13H,11-12H2,1-2H3,(H,22,28)(H,23,27). The molecule has 3 aromatic rings. The fourth-order valence-corrected chi connectivity index (χ4v) is 3.28. The minimum atomic E-state index is -0.225. The van der Waals surface area contributed by atoms with E-state index in [4.69, 9.17) is 0 Å². The molecule has 0 spiro atoms. The highest BCUT2D eigenvalue weighted by molar-refractivity contribution is 6.04. The topological polar surface area (TPSA) is 79.3 Å². The van der Waals surface area contributed by atoms with E-state index in [0.717, 1.165) is 22.5 Å². The lowest BCUT2D eigenvalue weighted by atomic mass is 10.1. The first-order valence-electron chi connectivity index (χ1n) is 9.10. The maximum atomic E-state index is 12.6. The van der Waals surface area contributed by atoms with Gasteiger partial charge in [0, 0.05) is 43.0 Å². The maximum absolute atomic E-state index is 12.6. The zero-order valence-corrected chi connectivity index (χ0v) is 15.8. The lowest BCUT2D eigenvalue weighted by Gasteiger charge is -2.14. The first kappa shape index (κ1) is 17.8. The quantitative estimate of drug-likeness (QED) is 0.735. The van der Waals surface area contributed by atoms with Crippen LogP contribution in [0.4, 0.5) is 16.3 Å². The van der Waals surface area contributed by atoms with Gasteiger partial charge in [0.2, 0.25) is 0 Å². The van der Waals surface area contributed by atoms with Crippen molar-refractivity contribution in [2.75, 3.05) is 23.3 Å². The Morgan fingerprint density at radius 1 is 1.14 bits per heavy atom. The van der Waals surface area contributed by atoms with Gasteiger partial charge in [-0.05, 0) is 36.8 Å². The van der Waals surface area contributed by atoms with Crippen molar-refractivity contribution >= 4 is 23.4 Å². The van der Waals surface area contributed by atoms with Crippen molar-refractivity contribution in [1.82, 2.24) is 15.1 Å². The summed E-state index contributed by atoms with van der Waals surface area (Å²) >= 11 is 0. The molecule has 2 heterocycles. The summed E-state index contributed by atoms with van der Waals surface area (Å²) in [7, 11) is 1.80. The molecule has 1 aliphatic heterocycles. The van der Waals surface area contributed by atoms with Gasteiger partial charge in [0.15, 0.2) is 0 Å². The highest BCUT2D eigenvalue weighted by Gasteiger charge is 2.21. The van der Waals surface area contributed by atoms with Gasteiger partial charge in [0.25, 0.3) is 5.91 Å². The molecule has 3 amide bonds. The first-order valence-corrected chi connectivity index (χ1v) is 9.10. The summed E-state index contributed by atoms with van der Waals surface area (Å²) < 4.78 is 1.66. The molecule has 4 rings (SSSR count). The van der Waals surface area contributed by atoms with Crippen LogP contribution in [0.15, 0.2) is 54.6 Å². The number of carbonyl (C=O) groups excluding carboxylic acids is 2. The summed E-state index contributed by atoms with van der Waals surface area (Å²) in [4.78, 5) is 26.0. The first-order chi connectivity index (χ1) is 13.5. The molecule has 0 aliphatic carbocycles. The molecule has 0 saturated carbocycles. The van der Waals surface area contributed by atoms with Gasteiger partial charge in [-0.25, -0.2) is 4.79 Å². The number of benzene rings is 2. The Bertz CT molecular complexity index is 1040. The Morgan fingerprint density at radius 2 is 1.89 bits per heavy atom. The molecule has 0 bridgehead atoms. The van der Waals surface area contributed by atoms with E-state index in [-0.39, 0.29) is 11.9 Å². The number of carbonyl (C=O) groups is 2. The van der Waals surface area contributed by atoms with Crippen LogP contribution in [0, 0.1) is 6.92 Å². The van der Waals surface area contributed by atoms with E-state index in [0.29, 0.717) is 24.5 Å². The maximum Gasteiger partial charge on any atom is 0.321 e. The predicted octanol–water partition coefficient (Wildman–Crippen LogP) is 3.18. The molecule has 0 radical (unpaired) electrons. The number of hydrogen-bond acceptors (Lipinski definition) is 3. The van der Waals surface area contributed by atoms with E-state index in [9.17, 15) is 9.59 Å². The number of aryl methyl sites for hydroxylation is 2. The smallest absolute Gasteiger partial charge is 0.321 e. The average molecular weight is 375 g/mol. The van der Waals surface area contributed by atoms with Gasteiger partial charge < -0.3 is 10.6 Å². The highest BCUT2D eigenvalue weighted by Crippen LogP contribution is 2.25. The van der Waals surface area contributed by atoms with Gasteiger partial charge >= 0.3 is 6.03 Å². The summed E-state index contributed by atoms with van der Waals surface area (Å²) in [6.07, 6.45) is 0. The molecule has 1 fully saturated rings. The van der Waals surface area contributed by atoms with Gasteiger partial charge in [-0.2, -0.15) is 5.10 Å². The average Bonchev–Trinajstić information content (AvgIpc) is 3.28. The number of anilines is 2. The fourth-order valence-electron chi connectivity index (χ4n) is 3.28. The van der Waals surface area contributed by atoms with Gasteiger partial charge in [-0.1, -0.05) is 24.3 Å². The van der Waals surface area contributed by atoms with Crippen LogP contribution >= 0.6 is 0 Å². The molecule has 0 atom stereocenters. The third-order valence-electron chi connectivity index (χ3n) is 4.84. The molecule has 2 aromatic carbocycles. The van der Waals surface area contributed by atoms with E-state index in [1.54, 1.807) is 40.9 Å². The van der Waals surface area contributed by atoms with Crippen molar-refractivity contribution in [1.29, 1.82) is 0 Å². The Kier molecular flexibility index (Phi) is 4.57. The minimum absolute atomic E-state index is 0.115. The normalized spacial score (nSPS) is 13.5. The molecule has 1 saturated heterocycles. The van der Waals surface area contributed by atoms with Crippen LogP contribution in [0.3, 0.4) is 0 Å². The lowest BCUT2D eigenvalue weighted by Crippen LogP contribution is -2.27. The zero-order chi connectivity index (χ0) is 19.7. The Labute approximate surface area is 163 Å². The largest absolute Gasteiger partial charge is 0.336 e. The van der Waals surface area contributed by atoms with Crippen molar-refractivity contribution in [3.8, 4) is 11.3 Å². The van der Waals surface area contributed by atoms with E-state index < -0.39 is 0 Å². The van der Waals surface area contributed by atoms with Gasteiger partial charge in [-0.15, -0.1) is 0 Å². The van der Waals surface area contributed by atoms with E-state index >= 15 is 0 Å². The number of nitrogens with zero attached hydrogens (tertiary/aromatic N) is 3. The number of aromatic nitrogens is 2. The Hall–Kier alpha value is -3.61. The van der Waals surface area contributed by atoms with Crippen LogP contribution in [0.1, 0.15) is 15.9 Å². The number of hydrogen-bond donors (Lipinski definition) is 2. The van der Waals surface area contributed by atoms with Gasteiger partial charge in [0.1, 0.15) is 5.82 Å². The Morgan fingerprint density at radius 3 is 2.57 bits per heavy atom. The van der Waals surface area contributed by atoms with Crippen molar-refractivity contribution < 1.29 is 9.59 Å². The number of urea groups is 1. The molecule has 142 valence electrons. The van der Waals surface area contributed by atoms with Crippen molar-refractivity contribution in [2.45, 2.75) is 6.92 Å². The lowest BCUT2D eigenvalue weighted by molar-refractivity contribution is 0.102. The molecule has 2 N–H and O–H groups in total. The van der Waals surface area contributed by atoms with Crippen LogP contribution in [-0.2, 0) is 7.05 Å². The zero-order valence-electron chi connectivity index (χ0n) is 15.8. The number of rotatable bonds is 4. The summed E-state index contributed by atoms with van der Waals surface area (Å²) in [6, 6.07) is 16.7. The molecular formula is C21H21N5O2. The van der Waals surface area contributed by atoms with E-state index in [1.165, 1.54) is 0 Å². The SMILES string of the molecule is Cc1ccccc1-c1cc(NC(=O)c2ccc(N3CCNC3=O)cc2)n(C)n1. The van der Waals surface area contributed by atoms with Crippen LogP contribution < -0.4 is 15.5 Å². The second kappa shape index (κ2) is 7.19. The summed E-state index contributed by atoms with van der Waals surface area (Å²) in [6.45, 7) is 3.29.